The zero-order chi connectivity index (χ0) is 7.33. The van der Waals surface area contributed by atoms with Crippen LogP contribution >= 0.6 is 0 Å². The van der Waals surface area contributed by atoms with Crippen LogP contribution in [-0.2, 0) is 19.7 Å². The summed E-state index contributed by atoms with van der Waals surface area (Å²) in [7, 11) is -2.96. The highest BCUT2D eigenvalue weighted by Gasteiger charge is 1.99. The zero-order valence-corrected chi connectivity index (χ0v) is 5.98. The van der Waals surface area contributed by atoms with Crippen LogP contribution in [0.4, 0.5) is 0 Å². The summed E-state index contributed by atoms with van der Waals surface area (Å²) in [6, 6.07) is 0. The summed E-state index contributed by atoms with van der Waals surface area (Å²) in [5.41, 5.74) is 0. The molecule has 0 fully saturated rings. The number of hydrogen-bond acceptors (Lipinski definition) is 3. The van der Waals surface area contributed by atoms with E-state index in [9.17, 15) is 13.5 Å². The molecule has 0 unspecified atom stereocenters. The highest BCUT2D eigenvalue weighted by atomic mass is 32.2. The number of sulfone groups is 1. The molecule has 0 aromatic rings. The molecule has 0 bridgehead atoms. The van der Waals surface area contributed by atoms with Crippen LogP contribution in [0.1, 0.15) is 0 Å². The predicted molar refractivity (Wildman–Crippen MR) is 31.2 cm³/mol. The summed E-state index contributed by atoms with van der Waals surface area (Å²) in [5, 5.41) is 9.60. The van der Waals surface area contributed by atoms with Crippen molar-refractivity contribution in [2.24, 2.45) is 0 Å². The monoisotopic (exact) mass is 153 g/mol. The minimum atomic E-state index is -2.96. The van der Waals surface area contributed by atoms with Crippen molar-refractivity contribution in [3.05, 3.63) is 0 Å². The molecule has 55 valence electrons. The van der Waals surface area contributed by atoms with E-state index in [0.29, 0.717) is 0 Å². The smallest absolute Gasteiger partial charge is 0.180 e. The van der Waals surface area contributed by atoms with Crippen molar-refractivity contribution in [3.63, 3.8) is 0 Å². The fourth-order valence-electron chi connectivity index (χ4n) is 0.269. The van der Waals surface area contributed by atoms with Gasteiger partial charge in [0.1, 0.15) is 9.84 Å². The molecule has 5 heteroatoms. The third-order valence-electron chi connectivity index (χ3n) is 0.682. The highest BCUT2D eigenvalue weighted by Crippen LogP contribution is 1.82. The van der Waals surface area contributed by atoms with Crippen LogP contribution in [-0.4, -0.2) is 33.8 Å². The Morgan fingerprint density at radius 1 is 1.44 bits per heavy atom. The van der Waals surface area contributed by atoms with Crippen LogP contribution in [0.3, 0.4) is 0 Å². The molecule has 0 aliphatic carbocycles. The maximum atomic E-state index is 10.3. The van der Waals surface area contributed by atoms with E-state index in [4.69, 9.17) is 0 Å². The second-order valence-electron chi connectivity index (χ2n) is 1.66. The molecule has 0 saturated heterocycles. The second kappa shape index (κ2) is 3.81. The molecule has 0 aliphatic heterocycles. The standard InChI is InChI=1S/C4H9O4S/c1-9(6,7)3-2-8-4-5/h2-4H2,1H3. The van der Waals surface area contributed by atoms with E-state index in [1.165, 1.54) is 0 Å². The molecule has 0 aliphatic rings. The molecule has 0 aromatic heterocycles. The normalized spacial score (nSPS) is 11.8. The largest absolute Gasteiger partial charge is 0.351 e. The Labute approximate surface area is 54.4 Å². The van der Waals surface area contributed by atoms with Gasteiger partial charge in [-0.05, 0) is 0 Å². The molecule has 0 spiro atoms. The van der Waals surface area contributed by atoms with Crippen LogP contribution in [0, 0.1) is 0 Å². The Morgan fingerprint density at radius 3 is 2.33 bits per heavy atom. The molecular formula is C4H9O4S. The maximum Gasteiger partial charge on any atom is 0.180 e. The van der Waals surface area contributed by atoms with Gasteiger partial charge in [-0.3, -0.25) is 0 Å². The van der Waals surface area contributed by atoms with Gasteiger partial charge in [-0.1, -0.05) is 0 Å². The van der Waals surface area contributed by atoms with E-state index in [1.54, 1.807) is 0 Å². The van der Waals surface area contributed by atoms with E-state index in [-0.39, 0.29) is 12.4 Å². The maximum absolute atomic E-state index is 10.3. The zero-order valence-electron chi connectivity index (χ0n) is 5.16. The highest BCUT2D eigenvalue weighted by molar-refractivity contribution is 7.90. The topological polar surface area (TPSA) is 63.3 Å². The third kappa shape index (κ3) is 7.87. The SMILES string of the molecule is CS(=O)(=O)CCOC[O]. The predicted octanol–water partition coefficient (Wildman–Crippen LogP) is -0.564. The van der Waals surface area contributed by atoms with Gasteiger partial charge in [0.05, 0.1) is 12.4 Å². The van der Waals surface area contributed by atoms with Crippen molar-refractivity contribution in [2.45, 2.75) is 0 Å². The lowest BCUT2D eigenvalue weighted by atomic mass is 10.9. The lowest BCUT2D eigenvalue weighted by Gasteiger charge is -1.95. The van der Waals surface area contributed by atoms with Gasteiger partial charge in [0.2, 0.25) is 0 Å². The molecule has 1 radical (unpaired) electrons. The molecule has 0 heterocycles. The van der Waals surface area contributed by atoms with Crippen LogP contribution in [0.15, 0.2) is 0 Å². The van der Waals surface area contributed by atoms with E-state index < -0.39 is 16.6 Å². The van der Waals surface area contributed by atoms with Crippen molar-refractivity contribution >= 4 is 9.84 Å². The molecule has 0 amide bonds. The summed E-state index contributed by atoms with van der Waals surface area (Å²) in [5.74, 6) is -0.0742. The fourth-order valence-corrected chi connectivity index (χ4v) is 0.690. The Bertz CT molecular complexity index is 148. The Hall–Kier alpha value is -0.130. The van der Waals surface area contributed by atoms with Gasteiger partial charge in [0.15, 0.2) is 6.79 Å². The number of rotatable bonds is 4. The average Bonchev–Trinajstić information content (AvgIpc) is 1.63. The van der Waals surface area contributed by atoms with Gasteiger partial charge < -0.3 is 4.74 Å². The van der Waals surface area contributed by atoms with Crippen LogP contribution in [0.25, 0.3) is 0 Å². The van der Waals surface area contributed by atoms with E-state index in [0.717, 1.165) is 6.26 Å². The minimum absolute atomic E-state index is 0.00231. The molecule has 0 saturated carbocycles. The van der Waals surface area contributed by atoms with E-state index >= 15 is 0 Å². The number of hydrogen-bond donors (Lipinski definition) is 0. The molecule has 0 atom stereocenters. The first-order chi connectivity index (χ1) is 4.06. The Kier molecular flexibility index (Phi) is 3.76. The van der Waals surface area contributed by atoms with Gasteiger partial charge in [-0.15, -0.1) is 0 Å². The van der Waals surface area contributed by atoms with Crippen LogP contribution in [0.2, 0.25) is 0 Å². The minimum Gasteiger partial charge on any atom is -0.351 e. The van der Waals surface area contributed by atoms with Gasteiger partial charge in [-0.25, -0.2) is 13.5 Å². The van der Waals surface area contributed by atoms with Crippen molar-refractivity contribution in [2.75, 3.05) is 25.4 Å². The molecular weight excluding hydrogens is 144 g/mol. The van der Waals surface area contributed by atoms with Gasteiger partial charge in [0.25, 0.3) is 0 Å². The molecule has 0 aromatic carbocycles. The van der Waals surface area contributed by atoms with Gasteiger partial charge in [-0.2, -0.15) is 0 Å². The van der Waals surface area contributed by atoms with Crippen molar-refractivity contribution in [1.29, 1.82) is 0 Å². The van der Waals surface area contributed by atoms with Crippen molar-refractivity contribution < 1.29 is 18.3 Å². The lowest BCUT2D eigenvalue weighted by Crippen LogP contribution is -2.09. The molecule has 0 N–H and O–H groups in total. The van der Waals surface area contributed by atoms with Crippen molar-refractivity contribution in [3.8, 4) is 0 Å². The van der Waals surface area contributed by atoms with Crippen LogP contribution < -0.4 is 0 Å². The first-order valence-electron chi connectivity index (χ1n) is 2.40. The van der Waals surface area contributed by atoms with Gasteiger partial charge >= 0.3 is 0 Å². The molecule has 4 nitrogen and oxygen atoms in total. The summed E-state index contributed by atoms with van der Waals surface area (Å²) in [6.07, 6.45) is 1.10. The summed E-state index contributed by atoms with van der Waals surface area (Å²) >= 11 is 0. The average molecular weight is 153 g/mol. The summed E-state index contributed by atoms with van der Waals surface area (Å²) in [4.78, 5) is 0. The molecule has 0 rings (SSSR count). The third-order valence-corrected chi connectivity index (χ3v) is 1.59. The van der Waals surface area contributed by atoms with Crippen LogP contribution in [0.5, 0.6) is 0 Å². The first-order valence-corrected chi connectivity index (χ1v) is 4.46. The Balaban J connectivity index is 3.30. The first kappa shape index (κ1) is 8.87. The van der Waals surface area contributed by atoms with E-state index in [2.05, 4.69) is 4.74 Å². The molecule has 9 heavy (non-hydrogen) atoms. The Morgan fingerprint density at radius 2 is 2.00 bits per heavy atom. The van der Waals surface area contributed by atoms with Gasteiger partial charge in [0, 0.05) is 6.26 Å². The summed E-state index contributed by atoms with van der Waals surface area (Å²) < 4.78 is 24.9. The van der Waals surface area contributed by atoms with Crippen molar-refractivity contribution in [1.82, 2.24) is 0 Å². The lowest BCUT2D eigenvalue weighted by molar-refractivity contribution is -0.0375. The quantitative estimate of drug-likeness (QED) is 0.401. The second-order valence-corrected chi connectivity index (χ2v) is 3.92. The summed E-state index contributed by atoms with van der Waals surface area (Å²) in [6.45, 7) is -0.669. The number of ether oxygens (including phenoxy) is 1. The fraction of sp³-hybridized carbons (Fsp3) is 1.00. The van der Waals surface area contributed by atoms with E-state index in [1.807, 2.05) is 0 Å².